The Bertz CT molecular complexity index is 893. The Hall–Kier alpha value is -3.20. The van der Waals surface area contributed by atoms with Crippen molar-refractivity contribution in [3.63, 3.8) is 0 Å². The lowest BCUT2D eigenvalue weighted by Gasteiger charge is -2.33. The first-order chi connectivity index (χ1) is 15.1. The number of allylic oxidation sites excluding steroid dienone is 2. The molecule has 0 aromatic heterocycles. The number of aliphatic hydroxyl groups excluding tert-OH is 1. The maximum atomic E-state index is 12.7. The van der Waals surface area contributed by atoms with Gasteiger partial charge >= 0.3 is 23.9 Å². The zero-order valence-electron chi connectivity index (χ0n) is 18.6. The molecule has 4 unspecified atom stereocenters. The molecule has 2 rings (SSSR count). The smallest absolute Gasteiger partial charge is 0.337 e. The van der Waals surface area contributed by atoms with Crippen molar-refractivity contribution >= 4 is 23.9 Å². The van der Waals surface area contributed by atoms with Gasteiger partial charge in [0.15, 0.2) is 12.2 Å². The molecule has 1 aliphatic carbocycles. The number of esters is 4. The number of hydrogen-bond donors (Lipinski definition) is 1. The summed E-state index contributed by atoms with van der Waals surface area (Å²) in [7, 11) is 1.18. The zero-order chi connectivity index (χ0) is 24.0. The Balaban J connectivity index is 2.69. The van der Waals surface area contributed by atoms with E-state index in [1.165, 1.54) is 20.1 Å². The van der Waals surface area contributed by atoms with Gasteiger partial charge in [-0.3, -0.25) is 4.79 Å². The molecule has 32 heavy (non-hydrogen) atoms. The maximum absolute atomic E-state index is 12.7. The van der Waals surface area contributed by atoms with Crippen LogP contribution in [-0.4, -0.2) is 61.0 Å². The third-order valence-corrected chi connectivity index (χ3v) is 5.25. The molecule has 0 saturated carbocycles. The van der Waals surface area contributed by atoms with E-state index < -0.39 is 54.7 Å². The van der Waals surface area contributed by atoms with E-state index in [1.54, 1.807) is 12.2 Å². The summed E-state index contributed by atoms with van der Waals surface area (Å²) in [5.74, 6) is -3.94. The van der Waals surface area contributed by atoms with E-state index in [0.717, 1.165) is 12.5 Å². The molecule has 9 heteroatoms. The summed E-state index contributed by atoms with van der Waals surface area (Å²) >= 11 is 0. The summed E-state index contributed by atoms with van der Waals surface area (Å²) in [6, 6.07) is 0. The maximum Gasteiger partial charge on any atom is 0.337 e. The van der Waals surface area contributed by atoms with E-state index in [4.69, 9.17) is 24.1 Å². The summed E-state index contributed by atoms with van der Waals surface area (Å²) in [6.45, 7) is 7.82. The lowest BCUT2D eigenvalue weighted by molar-refractivity contribution is -0.167. The van der Waals surface area contributed by atoms with E-state index in [1.807, 2.05) is 6.92 Å². The van der Waals surface area contributed by atoms with Gasteiger partial charge in [-0.25, -0.2) is 14.4 Å². The highest BCUT2D eigenvalue weighted by atomic mass is 16.6. The van der Waals surface area contributed by atoms with Crippen LogP contribution in [0.5, 0.6) is 0 Å². The molecule has 2 aliphatic rings. The fraction of sp³-hybridized carbons (Fsp3) is 0.478. The molecule has 0 amide bonds. The van der Waals surface area contributed by atoms with Crippen LogP contribution >= 0.6 is 0 Å². The van der Waals surface area contributed by atoms with Crippen molar-refractivity contribution in [1.82, 2.24) is 0 Å². The van der Waals surface area contributed by atoms with Crippen molar-refractivity contribution in [3.8, 4) is 0 Å². The van der Waals surface area contributed by atoms with E-state index in [-0.39, 0.29) is 16.7 Å². The van der Waals surface area contributed by atoms with Crippen LogP contribution in [0.4, 0.5) is 0 Å². The molecule has 1 fully saturated rings. The normalized spacial score (nSPS) is 29.5. The van der Waals surface area contributed by atoms with Crippen molar-refractivity contribution in [1.29, 1.82) is 0 Å². The Kier molecular flexibility index (Phi) is 8.54. The molecule has 0 radical (unpaired) electrons. The van der Waals surface area contributed by atoms with E-state index in [0.29, 0.717) is 12.8 Å². The topological polar surface area (TPSA) is 125 Å². The number of hydrogen-bond acceptors (Lipinski definition) is 9. The SMILES string of the molecule is C=C1C(=O)OC2/C=C(/C)CC/C=C(/C(=O)OC)C(OC(C)=O)C(OC(=O)/C(C)=C/CO)C12. The molecular formula is C23H28O9. The molecule has 174 valence electrons. The molecule has 4 atom stereocenters. The predicted molar refractivity (Wildman–Crippen MR) is 112 cm³/mol. The fourth-order valence-electron chi connectivity index (χ4n) is 3.63. The second kappa shape index (κ2) is 10.9. The average molecular weight is 448 g/mol. The monoisotopic (exact) mass is 448 g/mol. The lowest BCUT2D eigenvalue weighted by atomic mass is 9.83. The van der Waals surface area contributed by atoms with Gasteiger partial charge in [-0.05, 0) is 38.8 Å². The highest BCUT2D eigenvalue weighted by Crippen LogP contribution is 2.38. The molecule has 0 aromatic rings. The van der Waals surface area contributed by atoms with Gasteiger partial charge in [0.1, 0.15) is 6.10 Å². The van der Waals surface area contributed by atoms with Gasteiger partial charge in [0.05, 0.1) is 25.2 Å². The third kappa shape index (κ3) is 5.73. The number of aliphatic hydroxyl groups is 1. The van der Waals surface area contributed by atoms with Crippen LogP contribution in [-0.2, 0) is 38.1 Å². The second-order valence-electron chi connectivity index (χ2n) is 7.59. The van der Waals surface area contributed by atoms with Crippen LogP contribution in [0, 0.1) is 5.92 Å². The minimum atomic E-state index is -1.38. The molecular weight excluding hydrogens is 420 g/mol. The minimum absolute atomic E-state index is 0.0163. The molecule has 9 nitrogen and oxygen atoms in total. The van der Waals surface area contributed by atoms with Crippen molar-refractivity contribution in [2.24, 2.45) is 5.92 Å². The molecule has 1 saturated heterocycles. The highest BCUT2D eigenvalue weighted by Gasteiger charge is 2.50. The Morgan fingerprint density at radius 2 is 1.97 bits per heavy atom. The van der Waals surface area contributed by atoms with Gasteiger partial charge in [-0.15, -0.1) is 0 Å². The van der Waals surface area contributed by atoms with Gasteiger partial charge in [-0.2, -0.15) is 0 Å². The van der Waals surface area contributed by atoms with Crippen molar-refractivity contribution in [3.05, 3.63) is 47.1 Å². The standard InChI is InChI=1S/C23H28O9/c1-12-7-6-8-16(23(28)29-5)19(30-15(4)25)20(32-21(26)13(2)9-10-24)18-14(3)22(27)31-17(18)11-12/h8-9,11,17-20,24H,3,6-7,10H2,1-2,4-5H3/b12-11-,13-9+,16-8+. The summed E-state index contributed by atoms with van der Waals surface area (Å²) in [5.41, 5.74) is 0.969. The van der Waals surface area contributed by atoms with Crippen LogP contribution < -0.4 is 0 Å². The van der Waals surface area contributed by atoms with E-state index in [9.17, 15) is 19.2 Å². The number of rotatable bonds is 5. The minimum Gasteiger partial charge on any atom is -0.466 e. The first-order valence-electron chi connectivity index (χ1n) is 10.1. The van der Waals surface area contributed by atoms with Crippen LogP contribution in [0.3, 0.4) is 0 Å². The van der Waals surface area contributed by atoms with Crippen LogP contribution in [0.1, 0.15) is 33.6 Å². The molecule has 0 bridgehead atoms. The van der Waals surface area contributed by atoms with Gasteiger partial charge in [-0.1, -0.05) is 18.2 Å². The van der Waals surface area contributed by atoms with Gasteiger partial charge in [0.2, 0.25) is 0 Å². The summed E-state index contributed by atoms with van der Waals surface area (Å²) in [5, 5.41) is 9.11. The van der Waals surface area contributed by atoms with Crippen LogP contribution in [0.25, 0.3) is 0 Å². The highest BCUT2D eigenvalue weighted by molar-refractivity contribution is 5.93. The summed E-state index contributed by atoms with van der Waals surface area (Å²) in [4.78, 5) is 49.7. The number of carbonyl (C=O) groups is 4. The van der Waals surface area contributed by atoms with E-state index in [2.05, 4.69) is 6.58 Å². The number of fused-ring (bicyclic) bond motifs is 1. The lowest BCUT2D eigenvalue weighted by Crippen LogP contribution is -2.46. The Labute approximate surface area is 186 Å². The molecule has 0 spiro atoms. The molecule has 1 heterocycles. The number of carbonyl (C=O) groups excluding carboxylic acids is 4. The number of methoxy groups -OCH3 is 1. The Morgan fingerprint density at radius 3 is 2.56 bits per heavy atom. The quantitative estimate of drug-likeness (QED) is 0.289. The van der Waals surface area contributed by atoms with Crippen LogP contribution in [0.2, 0.25) is 0 Å². The first kappa shape index (κ1) is 25.1. The number of ether oxygens (including phenoxy) is 4. The van der Waals surface area contributed by atoms with Gasteiger partial charge in [0, 0.05) is 18.1 Å². The predicted octanol–water partition coefficient (Wildman–Crippen LogP) is 1.71. The van der Waals surface area contributed by atoms with Crippen molar-refractivity contribution in [2.75, 3.05) is 13.7 Å². The zero-order valence-corrected chi connectivity index (χ0v) is 18.6. The fourth-order valence-corrected chi connectivity index (χ4v) is 3.63. The Morgan fingerprint density at radius 1 is 1.28 bits per heavy atom. The summed E-state index contributed by atoms with van der Waals surface area (Å²) < 4.78 is 21.4. The molecule has 1 aliphatic heterocycles. The van der Waals surface area contributed by atoms with Crippen LogP contribution in [0.15, 0.2) is 47.1 Å². The van der Waals surface area contributed by atoms with Gasteiger partial charge < -0.3 is 24.1 Å². The first-order valence-corrected chi connectivity index (χ1v) is 10.1. The second-order valence-corrected chi connectivity index (χ2v) is 7.59. The van der Waals surface area contributed by atoms with Gasteiger partial charge in [0.25, 0.3) is 0 Å². The van der Waals surface area contributed by atoms with Crippen molar-refractivity contribution < 1.29 is 43.2 Å². The molecule has 1 N–H and O–H groups in total. The third-order valence-electron chi connectivity index (χ3n) is 5.25. The van der Waals surface area contributed by atoms with Crippen molar-refractivity contribution in [2.45, 2.75) is 51.9 Å². The van der Waals surface area contributed by atoms with E-state index >= 15 is 0 Å². The summed E-state index contributed by atoms with van der Waals surface area (Å²) in [6.07, 6.45) is 1.94. The largest absolute Gasteiger partial charge is 0.466 e. The molecule has 0 aromatic carbocycles. The average Bonchev–Trinajstić information content (AvgIpc) is 3.00.